The lowest BCUT2D eigenvalue weighted by Crippen LogP contribution is -2.38. The number of fused-ring (bicyclic) bond motifs is 1. The molecule has 0 saturated carbocycles. The highest BCUT2D eigenvalue weighted by atomic mass is 19.4. The van der Waals surface area contributed by atoms with Crippen molar-refractivity contribution in [1.82, 2.24) is 14.9 Å². The summed E-state index contributed by atoms with van der Waals surface area (Å²) in [5.74, 6) is -2.27. The van der Waals surface area contributed by atoms with Crippen molar-refractivity contribution < 1.29 is 32.2 Å². The number of amides is 1. The Labute approximate surface area is 199 Å². The number of alkyl halides is 3. The number of hydrogen-bond donors (Lipinski definition) is 1. The first-order valence-corrected chi connectivity index (χ1v) is 10.7. The summed E-state index contributed by atoms with van der Waals surface area (Å²) in [6, 6.07) is 11.3. The van der Waals surface area contributed by atoms with Gasteiger partial charge in [0.1, 0.15) is 11.9 Å². The van der Waals surface area contributed by atoms with Crippen LogP contribution in [-0.2, 0) is 20.7 Å². The second-order valence-corrected chi connectivity index (χ2v) is 8.02. The number of imidazole rings is 1. The van der Waals surface area contributed by atoms with Gasteiger partial charge in [0.15, 0.2) is 0 Å². The highest BCUT2D eigenvalue weighted by Crippen LogP contribution is 2.34. The van der Waals surface area contributed by atoms with Crippen LogP contribution in [0.4, 0.5) is 13.2 Å². The van der Waals surface area contributed by atoms with Gasteiger partial charge in [0.2, 0.25) is 5.91 Å². The number of rotatable bonds is 6. The Kier molecular flexibility index (Phi) is 6.63. The molecule has 35 heavy (non-hydrogen) atoms. The average molecular weight is 485 g/mol. The van der Waals surface area contributed by atoms with Crippen LogP contribution in [0.1, 0.15) is 28.4 Å². The third-order valence-corrected chi connectivity index (χ3v) is 5.59. The smallest absolute Gasteiger partial charge is 0.490 e. The van der Waals surface area contributed by atoms with Crippen molar-refractivity contribution in [2.24, 2.45) is 0 Å². The molecule has 0 bridgehead atoms. The molecule has 1 aliphatic rings. The lowest BCUT2D eigenvalue weighted by molar-refractivity contribution is -0.205. The Morgan fingerprint density at radius 1 is 1.20 bits per heavy atom. The number of aromatic nitrogens is 2. The van der Waals surface area contributed by atoms with Crippen LogP contribution in [0, 0.1) is 6.92 Å². The summed E-state index contributed by atoms with van der Waals surface area (Å²) in [6.45, 7) is 1.87. The molecule has 1 amide bonds. The summed E-state index contributed by atoms with van der Waals surface area (Å²) in [5.41, 5.74) is 3.60. The Morgan fingerprint density at radius 3 is 2.66 bits per heavy atom. The number of aryl methyl sites for hydroxylation is 1. The van der Waals surface area contributed by atoms with Crippen molar-refractivity contribution in [2.45, 2.75) is 31.7 Å². The standard InChI is InChI=1S/C25H22F3N3O4/c1-15-13-31(14-29-15)19-9-7-16(11-20(19)34-2)8-10-22(32)30-23-18-6-4-3-5-17(18)12-21(23)35-24(33)25(26,27)28/h3-11,13-14,21,23H,12H2,1-2H3,(H,30,32)/b10-8+/t21-,23+/m1/s1. The number of benzene rings is 2. The molecule has 2 atom stereocenters. The van der Waals surface area contributed by atoms with Gasteiger partial charge in [-0.1, -0.05) is 30.3 Å². The predicted octanol–water partition coefficient (Wildman–Crippen LogP) is 4.09. The van der Waals surface area contributed by atoms with E-state index in [0.717, 1.165) is 11.4 Å². The number of carbonyl (C=O) groups excluding carboxylic acids is 2. The SMILES string of the molecule is COc1cc(/C=C/C(=O)N[C@H]2c3ccccc3C[C@H]2OC(=O)C(F)(F)F)ccc1-n1cnc(C)c1. The highest BCUT2D eigenvalue weighted by molar-refractivity contribution is 5.92. The second kappa shape index (κ2) is 9.65. The molecule has 0 radical (unpaired) electrons. The van der Waals surface area contributed by atoms with Gasteiger partial charge in [-0.05, 0) is 41.8 Å². The van der Waals surface area contributed by atoms with Gasteiger partial charge in [-0.3, -0.25) is 4.79 Å². The van der Waals surface area contributed by atoms with Gasteiger partial charge in [0.05, 0.1) is 30.9 Å². The Bertz CT molecular complexity index is 1280. The zero-order chi connectivity index (χ0) is 25.2. The van der Waals surface area contributed by atoms with Crippen LogP contribution < -0.4 is 10.1 Å². The zero-order valence-electron chi connectivity index (χ0n) is 18.9. The Hall–Kier alpha value is -4.08. The molecule has 0 saturated heterocycles. The molecule has 4 rings (SSSR count). The fourth-order valence-electron chi connectivity index (χ4n) is 3.98. The maximum Gasteiger partial charge on any atom is 0.490 e. The maximum absolute atomic E-state index is 12.7. The number of ether oxygens (including phenoxy) is 2. The maximum atomic E-state index is 12.7. The molecule has 2 aromatic carbocycles. The number of halogens is 3. The lowest BCUT2D eigenvalue weighted by atomic mass is 10.1. The van der Waals surface area contributed by atoms with Gasteiger partial charge >= 0.3 is 12.1 Å². The summed E-state index contributed by atoms with van der Waals surface area (Å²) in [5, 5.41) is 2.67. The van der Waals surface area contributed by atoms with Gasteiger partial charge in [-0.2, -0.15) is 13.2 Å². The number of nitrogens with zero attached hydrogens (tertiary/aromatic N) is 2. The van der Waals surface area contributed by atoms with Gasteiger partial charge < -0.3 is 19.4 Å². The normalized spacial score (nSPS) is 17.3. The number of nitrogens with one attached hydrogen (secondary N) is 1. The fraction of sp³-hybridized carbons (Fsp3) is 0.240. The average Bonchev–Trinajstić information content (AvgIpc) is 3.40. The zero-order valence-corrected chi connectivity index (χ0v) is 18.9. The molecule has 7 nitrogen and oxygen atoms in total. The van der Waals surface area contributed by atoms with Crippen molar-refractivity contribution in [2.75, 3.05) is 7.11 Å². The van der Waals surface area contributed by atoms with Crippen molar-refractivity contribution in [3.8, 4) is 11.4 Å². The van der Waals surface area contributed by atoms with Gasteiger partial charge in [-0.15, -0.1) is 0 Å². The fourth-order valence-corrected chi connectivity index (χ4v) is 3.98. The van der Waals surface area contributed by atoms with Crippen LogP contribution in [0.15, 0.2) is 61.1 Å². The van der Waals surface area contributed by atoms with Crippen LogP contribution in [-0.4, -0.2) is 40.8 Å². The predicted molar refractivity (Wildman–Crippen MR) is 121 cm³/mol. The van der Waals surface area contributed by atoms with Crippen LogP contribution in [0.25, 0.3) is 11.8 Å². The molecule has 182 valence electrons. The molecule has 3 aromatic rings. The van der Waals surface area contributed by atoms with Crippen LogP contribution in [0.3, 0.4) is 0 Å². The summed E-state index contributed by atoms with van der Waals surface area (Å²) in [4.78, 5) is 28.3. The van der Waals surface area contributed by atoms with Gasteiger partial charge in [0, 0.05) is 18.7 Å². The third kappa shape index (κ3) is 5.37. The molecule has 1 N–H and O–H groups in total. The molecular weight excluding hydrogens is 463 g/mol. The molecule has 1 aromatic heterocycles. The number of methoxy groups -OCH3 is 1. The molecule has 1 heterocycles. The molecule has 10 heteroatoms. The number of esters is 1. The first-order valence-electron chi connectivity index (χ1n) is 10.7. The van der Waals surface area contributed by atoms with E-state index in [2.05, 4.69) is 10.3 Å². The van der Waals surface area contributed by atoms with E-state index in [1.807, 2.05) is 23.8 Å². The van der Waals surface area contributed by atoms with Gasteiger partial charge in [-0.25, -0.2) is 9.78 Å². The first kappa shape index (κ1) is 24.1. The van der Waals surface area contributed by atoms with Crippen molar-refractivity contribution in [3.63, 3.8) is 0 Å². The molecule has 0 aliphatic heterocycles. The molecule has 1 aliphatic carbocycles. The second-order valence-electron chi connectivity index (χ2n) is 8.02. The Balaban J connectivity index is 1.50. The topological polar surface area (TPSA) is 82.5 Å². The minimum Gasteiger partial charge on any atom is -0.495 e. The van der Waals surface area contributed by atoms with E-state index in [1.54, 1.807) is 48.8 Å². The van der Waals surface area contributed by atoms with Gasteiger partial charge in [0.25, 0.3) is 0 Å². The van der Waals surface area contributed by atoms with E-state index in [0.29, 0.717) is 22.4 Å². The molecule has 0 fully saturated rings. The summed E-state index contributed by atoms with van der Waals surface area (Å²) >= 11 is 0. The van der Waals surface area contributed by atoms with E-state index in [-0.39, 0.29) is 6.42 Å². The highest BCUT2D eigenvalue weighted by Gasteiger charge is 2.45. The molecular formula is C25H22F3N3O4. The van der Waals surface area contributed by atoms with E-state index < -0.39 is 30.2 Å². The minimum atomic E-state index is -5.12. The van der Waals surface area contributed by atoms with Crippen LogP contribution >= 0.6 is 0 Å². The summed E-state index contributed by atoms with van der Waals surface area (Å²) < 4.78 is 50.2. The summed E-state index contributed by atoms with van der Waals surface area (Å²) in [7, 11) is 1.53. The lowest BCUT2D eigenvalue weighted by Gasteiger charge is -2.22. The minimum absolute atomic E-state index is 0.0685. The number of carbonyl (C=O) groups is 2. The largest absolute Gasteiger partial charge is 0.495 e. The van der Waals surface area contributed by atoms with E-state index in [9.17, 15) is 22.8 Å². The first-order chi connectivity index (χ1) is 16.7. The van der Waals surface area contributed by atoms with E-state index in [1.165, 1.54) is 13.2 Å². The Morgan fingerprint density at radius 2 is 1.97 bits per heavy atom. The van der Waals surface area contributed by atoms with Crippen molar-refractivity contribution >= 4 is 18.0 Å². The van der Waals surface area contributed by atoms with Crippen molar-refractivity contribution in [3.05, 3.63) is 83.4 Å². The monoisotopic (exact) mass is 485 g/mol. The van der Waals surface area contributed by atoms with Crippen LogP contribution in [0.5, 0.6) is 5.75 Å². The molecule has 0 spiro atoms. The van der Waals surface area contributed by atoms with Crippen molar-refractivity contribution in [1.29, 1.82) is 0 Å². The molecule has 0 unspecified atom stereocenters. The van der Waals surface area contributed by atoms with E-state index in [4.69, 9.17) is 9.47 Å². The number of hydrogen-bond acceptors (Lipinski definition) is 5. The van der Waals surface area contributed by atoms with E-state index >= 15 is 0 Å². The summed E-state index contributed by atoms with van der Waals surface area (Å²) in [6.07, 6.45) is 0.109. The third-order valence-electron chi connectivity index (χ3n) is 5.59. The van der Waals surface area contributed by atoms with Crippen LogP contribution in [0.2, 0.25) is 0 Å². The quantitative estimate of drug-likeness (QED) is 0.420.